The summed E-state index contributed by atoms with van der Waals surface area (Å²) in [7, 11) is 1.55. The largest absolute Gasteiger partial charge is 0.497 e. The number of amides is 1. The smallest absolute Gasteiger partial charge is 0.326 e. The number of nitrogens with zero attached hydrogens (tertiary/aromatic N) is 1. The number of nitro benzene ring substituents is 1. The lowest BCUT2D eigenvalue weighted by Gasteiger charge is -2.28. The average Bonchev–Trinajstić information content (AvgIpc) is 2.77. The van der Waals surface area contributed by atoms with Crippen LogP contribution in [-0.4, -0.2) is 35.1 Å². The summed E-state index contributed by atoms with van der Waals surface area (Å²) in [5.41, 5.74) is 0.785. The minimum Gasteiger partial charge on any atom is -0.497 e. The SMILES string of the molecule is COc1ccc(-c2ccc(C(=O)N[C@H](C(=O)O)C3CCCCC3)c([N+](=O)[O-])c2)cc1. The number of nitrogens with one attached hydrogen (secondary N) is 1. The molecule has 3 rings (SSSR count). The van der Waals surface area contributed by atoms with Gasteiger partial charge < -0.3 is 15.2 Å². The zero-order valence-corrected chi connectivity index (χ0v) is 16.7. The van der Waals surface area contributed by atoms with Crippen LogP contribution in [0, 0.1) is 16.0 Å². The van der Waals surface area contributed by atoms with Gasteiger partial charge in [-0.3, -0.25) is 14.9 Å². The molecule has 1 fully saturated rings. The lowest BCUT2D eigenvalue weighted by atomic mass is 9.83. The van der Waals surface area contributed by atoms with E-state index in [0.29, 0.717) is 11.3 Å². The first-order valence-electron chi connectivity index (χ1n) is 9.87. The van der Waals surface area contributed by atoms with Gasteiger partial charge in [-0.25, -0.2) is 4.79 Å². The second kappa shape index (κ2) is 9.39. The van der Waals surface area contributed by atoms with Gasteiger partial charge in [0.1, 0.15) is 17.4 Å². The van der Waals surface area contributed by atoms with E-state index in [9.17, 15) is 24.8 Å². The summed E-state index contributed by atoms with van der Waals surface area (Å²) in [6, 6.07) is 10.3. The predicted octanol–water partition coefficient (Wildman–Crippen LogP) is 4.03. The fourth-order valence-corrected chi connectivity index (χ4v) is 3.91. The molecule has 8 heteroatoms. The maximum absolute atomic E-state index is 12.8. The molecule has 0 unspecified atom stereocenters. The van der Waals surface area contributed by atoms with Gasteiger partial charge in [0.25, 0.3) is 11.6 Å². The number of hydrogen-bond acceptors (Lipinski definition) is 5. The molecule has 0 saturated heterocycles. The van der Waals surface area contributed by atoms with Crippen molar-refractivity contribution in [2.24, 2.45) is 5.92 Å². The van der Waals surface area contributed by atoms with Crippen molar-refractivity contribution in [3.05, 3.63) is 58.1 Å². The number of nitro groups is 1. The van der Waals surface area contributed by atoms with Crippen LogP contribution in [0.25, 0.3) is 11.1 Å². The van der Waals surface area contributed by atoms with Crippen molar-refractivity contribution in [1.82, 2.24) is 5.32 Å². The lowest BCUT2D eigenvalue weighted by molar-refractivity contribution is -0.385. The van der Waals surface area contributed by atoms with Crippen molar-refractivity contribution < 1.29 is 24.4 Å². The third-order valence-corrected chi connectivity index (χ3v) is 5.54. The molecule has 0 spiro atoms. The van der Waals surface area contributed by atoms with Crippen LogP contribution in [0.1, 0.15) is 42.5 Å². The molecule has 158 valence electrons. The summed E-state index contributed by atoms with van der Waals surface area (Å²) in [5, 5.41) is 23.7. The number of ether oxygens (including phenoxy) is 1. The summed E-state index contributed by atoms with van der Waals surface area (Å²) >= 11 is 0. The number of rotatable bonds is 7. The molecule has 1 saturated carbocycles. The van der Waals surface area contributed by atoms with Crippen LogP contribution in [-0.2, 0) is 4.79 Å². The van der Waals surface area contributed by atoms with Gasteiger partial charge in [0.15, 0.2) is 0 Å². The highest BCUT2D eigenvalue weighted by atomic mass is 16.6. The molecule has 2 N–H and O–H groups in total. The summed E-state index contributed by atoms with van der Waals surface area (Å²) in [5.74, 6) is -1.38. The van der Waals surface area contributed by atoms with Crippen LogP contribution in [0.4, 0.5) is 5.69 Å². The topological polar surface area (TPSA) is 119 Å². The molecule has 0 radical (unpaired) electrons. The number of carboxylic acids is 1. The minimum absolute atomic E-state index is 0.153. The van der Waals surface area contributed by atoms with Crippen molar-refractivity contribution in [3.8, 4) is 16.9 Å². The van der Waals surface area contributed by atoms with E-state index in [4.69, 9.17) is 4.74 Å². The Morgan fingerprint density at radius 3 is 2.30 bits per heavy atom. The first kappa shape index (κ1) is 21.3. The number of hydrogen-bond donors (Lipinski definition) is 2. The molecule has 8 nitrogen and oxygen atoms in total. The molecule has 2 aromatic rings. The Morgan fingerprint density at radius 2 is 1.73 bits per heavy atom. The maximum Gasteiger partial charge on any atom is 0.326 e. The number of methoxy groups -OCH3 is 1. The van der Waals surface area contributed by atoms with Gasteiger partial charge in [-0.15, -0.1) is 0 Å². The van der Waals surface area contributed by atoms with E-state index in [-0.39, 0.29) is 17.2 Å². The highest BCUT2D eigenvalue weighted by Crippen LogP contribution is 2.30. The third kappa shape index (κ3) is 4.76. The molecule has 30 heavy (non-hydrogen) atoms. The molecule has 1 atom stereocenters. The highest BCUT2D eigenvalue weighted by Gasteiger charge is 2.32. The normalized spacial score (nSPS) is 15.2. The number of carbonyl (C=O) groups excluding carboxylic acids is 1. The van der Waals surface area contributed by atoms with Crippen molar-refractivity contribution in [3.63, 3.8) is 0 Å². The van der Waals surface area contributed by atoms with E-state index in [2.05, 4.69) is 5.32 Å². The average molecular weight is 412 g/mol. The van der Waals surface area contributed by atoms with Gasteiger partial charge in [-0.2, -0.15) is 0 Å². The minimum atomic E-state index is -1.12. The van der Waals surface area contributed by atoms with Crippen LogP contribution in [0.15, 0.2) is 42.5 Å². The van der Waals surface area contributed by atoms with Gasteiger partial charge in [-0.05, 0) is 48.1 Å². The Morgan fingerprint density at radius 1 is 1.10 bits per heavy atom. The van der Waals surface area contributed by atoms with Crippen molar-refractivity contribution in [2.45, 2.75) is 38.1 Å². The van der Waals surface area contributed by atoms with Gasteiger partial charge >= 0.3 is 5.97 Å². The van der Waals surface area contributed by atoms with Crippen molar-refractivity contribution >= 4 is 17.6 Å². The standard InChI is InChI=1S/C22H24N2O6/c1-30-17-10-7-14(8-11-17)16-9-12-18(19(13-16)24(28)29)21(25)23-20(22(26)27)15-5-3-2-4-6-15/h7-13,15,20H,2-6H2,1H3,(H,23,25)(H,26,27)/t20-/m0/s1. The summed E-state index contributed by atoms with van der Waals surface area (Å²) in [6.07, 6.45) is 4.32. The van der Waals surface area contributed by atoms with Crippen LogP contribution >= 0.6 is 0 Å². The second-order valence-electron chi connectivity index (χ2n) is 7.40. The molecule has 1 aliphatic carbocycles. The van der Waals surface area contributed by atoms with E-state index >= 15 is 0 Å². The number of carboxylic acid groups (broad SMARTS) is 1. The molecular weight excluding hydrogens is 388 g/mol. The van der Waals surface area contributed by atoms with Gasteiger partial charge in [0.2, 0.25) is 0 Å². The maximum atomic E-state index is 12.8. The number of aliphatic carboxylic acids is 1. The fourth-order valence-electron chi connectivity index (χ4n) is 3.91. The zero-order chi connectivity index (χ0) is 21.7. The monoisotopic (exact) mass is 412 g/mol. The first-order chi connectivity index (χ1) is 14.4. The molecular formula is C22H24N2O6. The summed E-state index contributed by atoms with van der Waals surface area (Å²) in [4.78, 5) is 35.5. The molecule has 1 aliphatic rings. The first-order valence-corrected chi connectivity index (χ1v) is 9.87. The van der Waals surface area contributed by atoms with Gasteiger partial charge in [0.05, 0.1) is 12.0 Å². The van der Waals surface area contributed by atoms with Crippen LogP contribution < -0.4 is 10.1 Å². The van der Waals surface area contributed by atoms with Crippen LogP contribution in [0.3, 0.4) is 0 Å². The van der Waals surface area contributed by atoms with E-state index in [1.807, 2.05) is 0 Å². The highest BCUT2D eigenvalue weighted by molar-refractivity contribution is 6.00. The number of carbonyl (C=O) groups is 2. The summed E-state index contributed by atoms with van der Waals surface area (Å²) < 4.78 is 5.11. The Hall–Kier alpha value is -3.42. The Balaban J connectivity index is 1.87. The Bertz CT molecular complexity index is 935. The van der Waals surface area contributed by atoms with Crippen LogP contribution in [0.2, 0.25) is 0 Å². The molecule has 0 heterocycles. The second-order valence-corrected chi connectivity index (χ2v) is 7.40. The van der Waals surface area contributed by atoms with E-state index in [1.165, 1.54) is 12.1 Å². The Kier molecular flexibility index (Phi) is 6.66. The molecule has 0 bridgehead atoms. The molecule has 1 amide bonds. The molecule has 2 aromatic carbocycles. The van der Waals surface area contributed by atoms with E-state index < -0.39 is 22.8 Å². The van der Waals surface area contributed by atoms with E-state index in [1.54, 1.807) is 37.4 Å². The fraction of sp³-hybridized carbons (Fsp3) is 0.364. The van der Waals surface area contributed by atoms with Crippen molar-refractivity contribution in [1.29, 1.82) is 0 Å². The van der Waals surface area contributed by atoms with E-state index in [0.717, 1.165) is 37.7 Å². The van der Waals surface area contributed by atoms with Crippen molar-refractivity contribution in [2.75, 3.05) is 7.11 Å². The Labute approximate surface area is 174 Å². The third-order valence-electron chi connectivity index (χ3n) is 5.54. The predicted molar refractivity (Wildman–Crippen MR) is 111 cm³/mol. The molecule has 0 aromatic heterocycles. The summed E-state index contributed by atoms with van der Waals surface area (Å²) in [6.45, 7) is 0. The molecule has 0 aliphatic heterocycles. The number of benzene rings is 2. The quantitative estimate of drug-likeness (QED) is 0.523. The van der Waals surface area contributed by atoms with Gasteiger partial charge in [-0.1, -0.05) is 37.5 Å². The lowest BCUT2D eigenvalue weighted by Crippen LogP contribution is -2.46. The van der Waals surface area contributed by atoms with Gasteiger partial charge in [0, 0.05) is 6.07 Å². The zero-order valence-electron chi connectivity index (χ0n) is 16.7. The van der Waals surface area contributed by atoms with Crippen LogP contribution in [0.5, 0.6) is 5.75 Å².